The zero-order chi connectivity index (χ0) is 33.2. The zero-order valence-electron chi connectivity index (χ0n) is 29.6. The smallest absolute Gasteiger partial charge is 0.399 e. The molecule has 0 spiro atoms. The van der Waals surface area contributed by atoms with Crippen molar-refractivity contribution in [3.63, 3.8) is 0 Å². The summed E-state index contributed by atoms with van der Waals surface area (Å²) in [6.45, 7) is 19.9. The molecule has 5 rings (SSSR count). The lowest BCUT2D eigenvalue weighted by atomic mass is 9.79. The van der Waals surface area contributed by atoms with Crippen molar-refractivity contribution in [3.05, 3.63) is 72.8 Å². The van der Waals surface area contributed by atoms with Crippen LogP contribution >= 0.6 is 0 Å². The third-order valence-corrected chi connectivity index (χ3v) is 10.3. The van der Waals surface area contributed by atoms with Crippen LogP contribution in [-0.2, 0) is 18.6 Å². The van der Waals surface area contributed by atoms with Gasteiger partial charge in [0.15, 0.2) is 0 Å². The minimum absolute atomic E-state index is 0.383. The first-order chi connectivity index (χ1) is 21.7. The Bertz CT molecular complexity index is 1310. The summed E-state index contributed by atoms with van der Waals surface area (Å²) in [5, 5.41) is 3.61. The number of benzene rings is 3. The maximum absolute atomic E-state index is 6.32. The van der Waals surface area contributed by atoms with Crippen molar-refractivity contribution < 1.29 is 18.6 Å². The highest BCUT2D eigenvalue weighted by atomic mass is 16.7. The van der Waals surface area contributed by atoms with Gasteiger partial charge in [0.25, 0.3) is 0 Å². The van der Waals surface area contributed by atoms with Crippen molar-refractivity contribution in [2.75, 3.05) is 16.8 Å². The van der Waals surface area contributed by atoms with Crippen LogP contribution in [0.5, 0.6) is 0 Å². The Kier molecular flexibility index (Phi) is 10.3. The Hall–Kier alpha value is -2.77. The number of rotatable bonds is 13. The first-order valence-corrected chi connectivity index (χ1v) is 17.3. The third-order valence-electron chi connectivity index (χ3n) is 10.3. The van der Waals surface area contributed by atoms with E-state index in [0.717, 1.165) is 40.2 Å². The van der Waals surface area contributed by atoms with Crippen molar-refractivity contribution in [2.24, 2.45) is 0 Å². The molecule has 3 aromatic rings. The van der Waals surface area contributed by atoms with Gasteiger partial charge in [0.1, 0.15) is 0 Å². The van der Waals surface area contributed by atoms with E-state index in [1.165, 1.54) is 38.5 Å². The summed E-state index contributed by atoms with van der Waals surface area (Å²) in [5.41, 5.74) is 4.81. The predicted molar refractivity (Wildman–Crippen MR) is 194 cm³/mol. The number of nitrogens with one attached hydrogen (secondary N) is 1. The van der Waals surface area contributed by atoms with E-state index in [4.69, 9.17) is 18.6 Å². The summed E-state index contributed by atoms with van der Waals surface area (Å²) in [6.07, 6.45) is 7.77. The second kappa shape index (κ2) is 13.8. The summed E-state index contributed by atoms with van der Waals surface area (Å²) >= 11 is 0. The minimum atomic E-state index is -0.399. The lowest BCUT2D eigenvalue weighted by Crippen LogP contribution is -2.41. The first kappa shape index (κ1) is 34.6. The molecule has 2 aliphatic heterocycles. The lowest BCUT2D eigenvalue weighted by Gasteiger charge is -2.32. The molecule has 3 aromatic carbocycles. The van der Waals surface area contributed by atoms with Gasteiger partial charge in [0, 0.05) is 29.3 Å². The average molecular weight is 624 g/mol. The minimum Gasteiger partial charge on any atom is -0.399 e. The molecule has 0 saturated carbocycles. The van der Waals surface area contributed by atoms with Gasteiger partial charge in [0.2, 0.25) is 0 Å². The fourth-order valence-electron chi connectivity index (χ4n) is 5.83. The van der Waals surface area contributed by atoms with Crippen LogP contribution < -0.4 is 21.1 Å². The van der Waals surface area contributed by atoms with Gasteiger partial charge in [-0.1, -0.05) is 63.3 Å². The summed E-state index contributed by atoms with van der Waals surface area (Å²) in [7, 11) is -0.799. The van der Waals surface area contributed by atoms with Crippen LogP contribution in [-0.4, -0.2) is 43.2 Å². The fraction of sp³-hybridized carbons (Fsp3) is 0.526. The molecule has 0 bridgehead atoms. The largest absolute Gasteiger partial charge is 0.494 e. The van der Waals surface area contributed by atoms with Crippen LogP contribution in [0.25, 0.3) is 0 Å². The standard InChI is InChI=1S/C38H54B2N2O4/c1-10-11-12-13-14-15-28-41-31-20-26-34(27-21-31)42(32-22-16-29(17-23-32)39-43-35(2,3)36(4,5)44-39)33-24-18-30(19-25-33)40-45-37(6,7)38(8,9)46-40/h16-27,41H,10-15,28H2,1-9H3. The molecule has 0 radical (unpaired) electrons. The van der Waals surface area contributed by atoms with Crippen molar-refractivity contribution in [1.82, 2.24) is 0 Å². The van der Waals surface area contributed by atoms with E-state index in [9.17, 15) is 0 Å². The molecule has 0 unspecified atom stereocenters. The van der Waals surface area contributed by atoms with Gasteiger partial charge in [0.05, 0.1) is 22.4 Å². The number of hydrogen-bond acceptors (Lipinski definition) is 6. The van der Waals surface area contributed by atoms with Gasteiger partial charge in [-0.15, -0.1) is 0 Å². The zero-order valence-corrected chi connectivity index (χ0v) is 29.6. The van der Waals surface area contributed by atoms with Crippen LogP contribution in [0.2, 0.25) is 0 Å². The summed E-state index contributed by atoms with van der Waals surface area (Å²) in [5.74, 6) is 0. The van der Waals surface area contributed by atoms with Gasteiger partial charge < -0.3 is 28.8 Å². The van der Waals surface area contributed by atoms with Gasteiger partial charge >= 0.3 is 14.2 Å². The van der Waals surface area contributed by atoms with Crippen LogP contribution in [0.1, 0.15) is 101 Å². The Morgan fingerprint density at radius 2 is 0.848 bits per heavy atom. The van der Waals surface area contributed by atoms with Crippen LogP contribution in [0, 0.1) is 0 Å². The normalized spacial score (nSPS) is 19.4. The molecule has 8 heteroatoms. The first-order valence-electron chi connectivity index (χ1n) is 17.3. The van der Waals surface area contributed by atoms with Crippen molar-refractivity contribution >= 4 is 47.9 Å². The molecule has 6 nitrogen and oxygen atoms in total. The van der Waals surface area contributed by atoms with Crippen molar-refractivity contribution in [2.45, 2.75) is 123 Å². The number of nitrogens with zero attached hydrogens (tertiary/aromatic N) is 1. The second-order valence-electron chi connectivity index (χ2n) is 14.9. The maximum atomic E-state index is 6.32. The highest BCUT2D eigenvalue weighted by Crippen LogP contribution is 2.39. The molecule has 2 heterocycles. The molecule has 0 atom stereocenters. The molecule has 1 N–H and O–H groups in total. The van der Waals surface area contributed by atoms with Gasteiger partial charge in [-0.05, 0) is 121 Å². The van der Waals surface area contributed by atoms with E-state index < -0.39 is 14.2 Å². The molecule has 0 amide bonds. The third kappa shape index (κ3) is 7.52. The van der Waals surface area contributed by atoms with Crippen LogP contribution in [0.15, 0.2) is 72.8 Å². The monoisotopic (exact) mass is 624 g/mol. The van der Waals surface area contributed by atoms with E-state index in [1.54, 1.807) is 0 Å². The quantitative estimate of drug-likeness (QED) is 0.152. The summed E-state index contributed by atoms with van der Waals surface area (Å²) < 4.78 is 25.3. The Balaban J connectivity index is 1.36. The average Bonchev–Trinajstić information content (AvgIpc) is 3.37. The Morgan fingerprint density at radius 1 is 0.500 bits per heavy atom. The van der Waals surface area contributed by atoms with E-state index in [0.29, 0.717) is 0 Å². The van der Waals surface area contributed by atoms with E-state index in [-0.39, 0.29) is 22.4 Å². The molecule has 2 fully saturated rings. The molecule has 2 saturated heterocycles. The molecular weight excluding hydrogens is 570 g/mol. The van der Waals surface area contributed by atoms with Crippen molar-refractivity contribution in [1.29, 1.82) is 0 Å². The fourth-order valence-corrected chi connectivity index (χ4v) is 5.83. The van der Waals surface area contributed by atoms with Crippen LogP contribution in [0.4, 0.5) is 22.7 Å². The number of anilines is 4. The molecule has 46 heavy (non-hydrogen) atoms. The lowest BCUT2D eigenvalue weighted by molar-refractivity contribution is 0.00578. The predicted octanol–water partition coefficient (Wildman–Crippen LogP) is 8.53. The topological polar surface area (TPSA) is 52.2 Å². The summed E-state index contributed by atoms with van der Waals surface area (Å²) in [6, 6.07) is 25.8. The number of unbranched alkanes of at least 4 members (excludes halogenated alkanes) is 5. The van der Waals surface area contributed by atoms with Gasteiger partial charge in [-0.3, -0.25) is 0 Å². The maximum Gasteiger partial charge on any atom is 0.494 e. The second-order valence-corrected chi connectivity index (χ2v) is 14.9. The number of hydrogen-bond donors (Lipinski definition) is 1. The molecular formula is C38H54B2N2O4. The molecule has 0 aromatic heterocycles. The Labute approximate surface area is 278 Å². The van der Waals surface area contributed by atoms with Gasteiger partial charge in [-0.2, -0.15) is 0 Å². The highest BCUT2D eigenvalue weighted by molar-refractivity contribution is 6.62. The van der Waals surface area contributed by atoms with E-state index in [1.807, 2.05) is 0 Å². The molecule has 246 valence electrons. The Morgan fingerprint density at radius 3 is 1.24 bits per heavy atom. The molecule has 0 aliphatic carbocycles. The molecule has 2 aliphatic rings. The van der Waals surface area contributed by atoms with Crippen LogP contribution in [0.3, 0.4) is 0 Å². The van der Waals surface area contributed by atoms with Crippen molar-refractivity contribution in [3.8, 4) is 0 Å². The van der Waals surface area contributed by atoms with Gasteiger partial charge in [-0.25, -0.2) is 0 Å². The summed E-state index contributed by atoms with van der Waals surface area (Å²) in [4.78, 5) is 2.28. The highest BCUT2D eigenvalue weighted by Gasteiger charge is 2.52. The van der Waals surface area contributed by atoms with E-state index >= 15 is 0 Å². The SMILES string of the molecule is CCCCCCCCNc1ccc(N(c2ccc(B3OC(C)(C)C(C)(C)O3)cc2)c2ccc(B3OC(C)(C)C(C)(C)O3)cc2)cc1. The van der Waals surface area contributed by atoms with E-state index in [2.05, 4.69) is 145 Å².